The van der Waals surface area contributed by atoms with Gasteiger partial charge in [-0.15, -0.1) is 0 Å². The summed E-state index contributed by atoms with van der Waals surface area (Å²) in [6.07, 6.45) is -1.84. The molecule has 1 aromatic carbocycles. The van der Waals surface area contributed by atoms with Gasteiger partial charge in [0.05, 0.1) is 29.7 Å². The lowest BCUT2D eigenvalue weighted by atomic mass is 9.88. The number of aromatic nitrogens is 4. The van der Waals surface area contributed by atoms with E-state index in [-0.39, 0.29) is 30.8 Å². The van der Waals surface area contributed by atoms with Crippen LogP contribution in [-0.2, 0) is 37.4 Å². The summed E-state index contributed by atoms with van der Waals surface area (Å²) in [6, 6.07) is 6.50. The molecule has 0 fully saturated rings. The Morgan fingerprint density at radius 2 is 2.08 bits per heavy atom. The Kier molecular flexibility index (Phi) is 6.42. The van der Waals surface area contributed by atoms with E-state index in [9.17, 15) is 18.0 Å². The molecule has 0 saturated heterocycles. The molecule has 3 N–H and O–H groups in total. The average Bonchev–Trinajstić information content (AvgIpc) is 3.23. The van der Waals surface area contributed by atoms with Crippen LogP contribution in [0.15, 0.2) is 24.3 Å². The van der Waals surface area contributed by atoms with Gasteiger partial charge in [-0.05, 0) is 55.9 Å². The molecule has 196 valence electrons. The summed E-state index contributed by atoms with van der Waals surface area (Å²) in [5.41, 5.74) is 2.95. The van der Waals surface area contributed by atoms with Crippen LogP contribution in [-0.4, -0.2) is 32.3 Å². The van der Waals surface area contributed by atoms with Gasteiger partial charge in [-0.1, -0.05) is 13.0 Å². The minimum atomic E-state index is -4.47. The number of hydrogen-bond donors (Lipinski definition) is 3. The third-order valence-corrected chi connectivity index (χ3v) is 6.66. The zero-order valence-corrected chi connectivity index (χ0v) is 20.7. The molecule has 37 heavy (non-hydrogen) atoms. The van der Waals surface area contributed by atoms with Gasteiger partial charge in [-0.2, -0.15) is 23.3 Å². The molecule has 3 aromatic rings. The minimum Gasteiger partial charge on any atom is -0.482 e. The lowest BCUT2D eigenvalue weighted by Gasteiger charge is -2.26. The van der Waals surface area contributed by atoms with E-state index in [1.807, 2.05) is 25.1 Å². The van der Waals surface area contributed by atoms with Gasteiger partial charge in [0.2, 0.25) is 5.95 Å². The Balaban J connectivity index is 1.38. The average molecular weight is 516 g/mol. The first-order valence-corrected chi connectivity index (χ1v) is 12.1. The maximum atomic E-state index is 13.1. The zero-order valence-electron chi connectivity index (χ0n) is 20.7. The highest BCUT2D eigenvalue weighted by Crippen LogP contribution is 2.34. The summed E-state index contributed by atoms with van der Waals surface area (Å²) >= 11 is 0. The molecule has 5 rings (SSSR count). The smallest absolute Gasteiger partial charge is 0.433 e. The van der Waals surface area contributed by atoms with E-state index in [2.05, 4.69) is 37.9 Å². The fraction of sp³-hybridized carbons (Fsp3) is 0.440. The van der Waals surface area contributed by atoms with Crippen molar-refractivity contribution in [3.63, 3.8) is 0 Å². The standard InChI is InChI=1S/C25H28F3N7O2/c1-13-4-6-17-18(8-13)32-24(29-11-16-10-21(25(26,27)28)35(3)34-16)33-23(17)30-14(2)15-5-7-20-19(9-15)31-22(36)12-37-20/h5,7,9-10,13-14H,4,6,8,11-12H2,1-3H3,(H,31,36)(H2,29,30,32,33). The van der Waals surface area contributed by atoms with E-state index in [1.54, 1.807) is 0 Å². The van der Waals surface area contributed by atoms with E-state index < -0.39 is 11.9 Å². The molecule has 2 unspecified atom stereocenters. The van der Waals surface area contributed by atoms with E-state index in [1.165, 1.54) is 7.05 Å². The number of halogens is 3. The molecule has 1 aliphatic carbocycles. The number of nitrogens with zero attached hydrogens (tertiary/aromatic N) is 4. The fourth-order valence-electron chi connectivity index (χ4n) is 4.69. The second-order valence-corrected chi connectivity index (χ2v) is 9.62. The van der Waals surface area contributed by atoms with Crippen molar-refractivity contribution in [1.82, 2.24) is 19.7 Å². The van der Waals surface area contributed by atoms with E-state index in [4.69, 9.17) is 4.74 Å². The molecular weight excluding hydrogens is 487 g/mol. The molecular formula is C25H28F3N7O2. The normalized spacial score (nSPS) is 17.8. The number of anilines is 3. The van der Waals surface area contributed by atoms with Crippen molar-refractivity contribution < 1.29 is 22.7 Å². The van der Waals surface area contributed by atoms with Crippen molar-refractivity contribution in [2.75, 3.05) is 22.6 Å². The summed E-state index contributed by atoms with van der Waals surface area (Å²) < 4.78 is 45.7. The van der Waals surface area contributed by atoms with Crippen LogP contribution in [0.1, 0.15) is 54.5 Å². The lowest BCUT2D eigenvalue weighted by Crippen LogP contribution is -2.25. The number of benzene rings is 1. The van der Waals surface area contributed by atoms with Crippen molar-refractivity contribution >= 4 is 23.4 Å². The molecule has 9 nitrogen and oxygen atoms in total. The number of fused-ring (bicyclic) bond motifs is 2. The number of alkyl halides is 3. The van der Waals surface area contributed by atoms with Gasteiger partial charge in [0.15, 0.2) is 6.61 Å². The zero-order chi connectivity index (χ0) is 26.3. The van der Waals surface area contributed by atoms with Crippen molar-refractivity contribution in [2.45, 2.75) is 51.9 Å². The molecule has 0 spiro atoms. The molecule has 1 amide bonds. The predicted molar refractivity (Wildman–Crippen MR) is 131 cm³/mol. The number of carbonyl (C=O) groups is 1. The fourth-order valence-corrected chi connectivity index (χ4v) is 4.69. The first-order chi connectivity index (χ1) is 17.6. The molecule has 2 atom stereocenters. The van der Waals surface area contributed by atoms with Crippen molar-refractivity contribution in [3.8, 4) is 5.75 Å². The maximum absolute atomic E-state index is 13.1. The second-order valence-electron chi connectivity index (χ2n) is 9.62. The molecule has 0 saturated carbocycles. The quantitative estimate of drug-likeness (QED) is 0.445. The molecule has 0 bridgehead atoms. The van der Waals surface area contributed by atoms with Gasteiger partial charge >= 0.3 is 6.18 Å². The molecule has 3 heterocycles. The highest BCUT2D eigenvalue weighted by molar-refractivity contribution is 5.95. The summed E-state index contributed by atoms with van der Waals surface area (Å²) in [6.45, 7) is 4.21. The van der Waals surface area contributed by atoms with Crippen molar-refractivity contribution in [2.24, 2.45) is 13.0 Å². The van der Waals surface area contributed by atoms with Crippen LogP contribution in [0.4, 0.5) is 30.6 Å². The van der Waals surface area contributed by atoms with Crippen LogP contribution in [0.25, 0.3) is 0 Å². The number of hydrogen-bond acceptors (Lipinski definition) is 7. The van der Waals surface area contributed by atoms with Gasteiger partial charge < -0.3 is 20.7 Å². The molecule has 12 heteroatoms. The van der Waals surface area contributed by atoms with E-state index >= 15 is 0 Å². The van der Waals surface area contributed by atoms with E-state index in [0.29, 0.717) is 29.1 Å². The lowest BCUT2D eigenvalue weighted by molar-refractivity contribution is -0.143. The molecule has 2 aromatic heterocycles. The minimum absolute atomic E-state index is 0.00254. The highest BCUT2D eigenvalue weighted by atomic mass is 19.4. The van der Waals surface area contributed by atoms with Gasteiger partial charge in [0, 0.05) is 12.6 Å². The number of carbonyl (C=O) groups excluding carboxylic acids is 1. The number of aryl methyl sites for hydroxylation is 1. The summed E-state index contributed by atoms with van der Waals surface area (Å²) in [7, 11) is 1.27. The molecule has 2 aliphatic rings. The largest absolute Gasteiger partial charge is 0.482 e. The molecule has 0 radical (unpaired) electrons. The van der Waals surface area contributed by atoms with Crippen LogP contribution >= 0.6 is 0 Å². The summed E-state index contributed by atoms with van der Waals surface area (Å²) in [5, 5.41) is 13.3. The predicted octanol–water partition coefficient (Wildman–Crippen LogP) is 4.47. The van der Waals surface area contributed by atoms with Crippen LogP contribution in [0.5, 0.6) is 5.75 Å². The number of amides is 1. The Morgan fingerprint density at radius 3 is 2.84 bits per heavy atom. The Hall–Kier alpha value is -3.83. The SMILES string of the molecule is CC1CCc2c(nc(NCc3cc(C(F)(F)F)n(C)n3)nc2NC(C)c2ccc3c(c2)NC(=O)CO3)C1. The third kappa shape index (κ3) is 5.32. The summed E-state index contributed by atoms with van der Waals surface area (Å²) in [5.74, 6) is 1.90. The highest BCUT2D eigenvalue weighted by Gasteiger charge is 2.35. The van der Waals surface area contributed by atoms with Crippen molar-refractivity contribution in [1.29, 1.82) is 0 Å². The first kappa shape index (κ1) is 24.8. The number of rotatable bonds is 6. The second kappa shape index (κ2) is 9.56. The topological polar surface area (TPSA) is 106 Å². The van der Waals surface area contributed by atoms with Gasteiger partial charge in [-0.25, -0.2) is 4.98 Å². The first-order valence-electron chi connectivity index (χ1n) is 12.1. The van der Waals surface area contributed by atoms with Crippen molar-refractivity contribution in [3.05, 3.63) is 52.5 Å². The third-order valence-electron chi connectivity index (χ3n) is 6.66. The van der Waals surface area contributed by atoms with Gasteiger partial charge in [-0.3, -0.25) is 9.48 Å². The number of nitrogens with one attached hydrogen (secondary N) is 3. The van der Waals surface area contributed by atoms with Crippen LogP contribution in [0.3, 0.4) is 0 Å². The van der Waals surface area contributed by atoms with E-state index in [0.717, 1.165) is 46.8 Å². The Labute approximate surface area is 211 Å². The molecule has 1 aliphatic heterocycles. The monoisotopic (exact) mass is 515 g/mol. The van der Waals surface area contributed by atoms with Gasteiger partial charge in [0.1, 0.15) is 17.3 Å². The maximum Gasteiger partial charge on any atom is 0.433 e. The number of ether oxygens (including phenoxy) is 1. The van der Waals surface area contributed by atoms with Crippen LogP contribution < -0.4 is 20.7 Å². The Morgan fingerprint density at radius 1 is 1.27 bits per heavy atom. The van der Waals surface area contributed by atoms with Crippen LogP contribution in [0.2, 0.25) is 0 Å². The summed E-state index contributed by atoms with van der Waals surface area (Å²) in [4.78, 5) is 21.1. The Bertz CT molecular complexity index is 1340. The van der Waals surface area contributed by atoms with Crippen LogP contribution in [0, 0.1) is 5.92 Å². The van der Waals surface area contributed by atoms with Gasteiger partial charge in [0.25, 0.3) is 5.91 Å².